The molecule has 2 rings (SSSR count). The van der Waals surface area contributed by atoms with Crippen LogP contribution in [-0.2, 0) is 9.59 Å². The van der Waals surface area contributed by atoms with Crippen LogP contribution in [0.5, 0.6) is 0 Å². The van der Waals surface area contributed by atoms with E-state index in [9.17, 15) is 9.59 Å². The maximum atomic E-state index is 12.6. The molecular weight excluding hydrogens is 274 g/mol. The largest absolute Gasteiger partial charge is 0.481 e. The summed E-state index contributed by atoms with van der Waals surface area (Å²) >= 11 is 1.94. The van der Waals surface area contributed by atoms with Gasteiger partial charge in [0.05, 0.1) is 5.92 Å². The van der Waals surface area contributed by atoms with Crippen molar-refractivity contribution in [3.63, 3.8) is 0 Å². The van der Waals surface area contributed by atoms with Gasteiger partial charge in [-0.25, -0.2) is 0 Å². The van der Waals surface area contributed by atoms with Crippen molar-refractivity contribution in [3.8, 4) is 0 Å². The average molecular weight is 299 g/mol. The number of carboxylic acids is 1. The maximum Gasteiger partial charge on any atom is 0.306 e. The van der Waals surface area contributed by atoms with E-state index in [1.807, 2.05) is 16.7 Å². The highest BCUT2D eigenvalue weighted by Crippen LogP contribution is 2.33. The highest BCUT2D eigenvalue weighted by atomic mass is 32.2. The first-order chi connectivity index (χ1) is 9.39. The number of hydrogen-bond donors (Lipinski definition) is 1. The zero-order valence-electron chi connectivity index (χ0n) is 12.4. The van der Waals surface area contributed by atoms with E-state index in [-0.39, 0.29) is 22.5 Å². The molecule has 1 N–H and O–H groups in total. The Bertz CT molecular complexity index is 375. The smallest absolute Gasteiger partial charge is 0.306 e. The topological polar surface area (TPSA) is 57.6 Å². The first-order valence-corrected chi connectivity index (χ1v) is 8.53. The molecule has 0 unspecified atom stereocenters. The Balaban J connectivity index is 1.87. The number of thioether (sulfide) groups is 1. The average Bonchev–Trinajstić information content (AvgIpc) is 2.59. The number of nitrogens with zero attached hydrogens (tertiary/aromatic N) is 1. The van der Waals surface area contributed by atoms with E-state index in [0.29, 0.717) is 12.8 Å². The van der Waals surface area contributed by atoms with Crippen LogP contribution in [0.2, 0.25) is 0 Å². The summed E-state index contributed by atoms with van der Waals surface area (Å²) in [5.41, 5.74) is 0. The number of carbonyl (C=O) groups is 2. The molecule has 4 nitrogen and oxygen atoms in total. The minimum Gasteiger partial charge on any atom is -0.481 e. The molecule has 2 aliphatic rings. The predicted octanol–water partition coefficient (Wildman–Crippen LogP) is 2.62. The van der Waals surface area contributed by atoms with E-state index in [2.05, 4.69) is 13.8 Å². The molecule has 1 heterocycles. The second-order valence-corrected chi connectivity index (χ2v) is 8.37. The van der Waals surface area contributed by atoms with E-state index in [4.69, 9.17) is 5.11 Å². The monoisotopic (exact) mass is 299 g/mol. The molecule has 1 aliphatic heterocycles. The molecule has 0 aromatic heterocycles. The van der Waals surface area contributed by atoms with Gasteiger partial charge in [-0.05, 0) is 32.1 Å². The van der Waals surface area contributed by atoms with E-state index in [0.717, 1.165) is 38.1 Å². The van der Waals surface area contributed by atoms with Crippen molar-refractivity contribution >= 4 is 23.6 Å². The highest BCUT2D eigenvalue weighted by molar-refractivity contribution is 8.00. The number of carboxylic acid groups (broad SMARTS) is 1. The zero-order valence-corrected chi connectivity index (χ0v) is 13.2. The van der Waals surface area contributed by atoms with Crippen molar-refractivity contribution < 1.29 is 14.7 Å². The van der Waals surface area contributed by atoms with Gasteiger partial charge in [0.25, 0.3) is 0 Å². The molecule has 0 bridgehead atoms. The van der Waals surface area contributed by atoms with Crippen LogP contribution < -0.4 is 0 Å². The number of aliphatic carboxylic acids is 1. The Morgan fingerprint density at radius 3 is 2.30 bits per heavy atom. The van der Waals surface area contributed by atoms with Gasteiger partial charge < -0.3 is 10.0 Å². The molecule has 1 saturated heterocycles. The normalized spacial score (nSPS) is 30.6. The minimum absolute atomic E-state index is 0.0526. The maximum absolute atomic E-state index is 12.6. The first-order valence-electron chi connectivity index (χ1n) is 7.54. The molecule has 0 spiro atoms. The standard InChI is InChI=1S/C15H25NO3S/c1-15(2)7-8-16(9-10-20-15)13(17)11-3-5-12(6-4-11)14(18)19/h11-12H,3-10H2,1-2H3,(H,18,19). The van der Waals surface area contributed by atoms with Crippen LogP contribution in [0.1, 0.15) is 46.0 Å². The fourth-order valence-electron chi connectivity index (χ4n) is 3.09. The van der Waals surface area contributed by atoms with Crippen molar-refractivity contribution in [2.24, 2.45) is 11.8 Å². The molecule has 2 fully saturated rings. The van der Waals surface area contributed by atoms with E-state index in [1.54, 1.807) is 0 Å². The molecule has 20 heavy (non-hydrogen) atoms. The third-order valence-electron chi connectivity index (χ3n) is 4.58. The van der Waals surface area contributed by atoms with Crippen LogP contribution in [0.15, 0.2) is 0 Å². The SMILES string of the molecule is CC1(C)CCN(C(=O)C2CCC(C(=O)O)CC2)CCS1. The molecule has 1 aliphatic carbocycles. The van der Waals surface area contributed by atoms with Crippen LogP contribution in [0, 0.1) is 11.8 Å². The lowest BCUT2D eigenvalue weighted by atomic mass is 9.81. The lowest BCUT2D eigenvalue weighted by molar-refractivity contribution is -0.145. The lowest BCUT2D eigenvalue weighted by Gasteiger charge is -2.30. The molecule has 0 radical (unpaired) electrons. The first kappa shape index (κ1) is 15.7. The molecule has 114 valence electrons. The minimum atomic E-state index is -0.705. The van der Waals surface area contributed by atoms with Gasteiger partial charge in [-0.2, -0.15) is 11.8 Å². The van der Waals surface area contributed by atoms with Crippen molar-refractivity contribution in [3.05, 3.63) is 0 Å². The Labute approximate surface area is 125 Å². The fraction of sp³-hybridized carbons (Fsp3) is 0.867. The summed E-state index contributed by atoms with van der Waals surface area (Å²) in [6, 6.07) is 0. The molecule has 0 aromatic rings. The molecule has 1 amide bonds. The van der Waals surface area contributed by atoms with Crippen LogP contribution in [0.4, 0.5) is 0 Å². The molecule has 1 saturated carbocycles. The van der Waals surface area contributed by atoms with Crippen LogP contribution >= 0.6 is 11.8 Å². The van der Waals surface area contributed by atoms with Crippen molar-refractivity contribution in [2.75, 3.05) is 18.8 Å². The Kier molecular flexibility index (Phi) is 4.99. The number of rotatable bonds is 2. The summed E-state index contributed by atoms with van der Waals surface area (Å²) in [4.78, 5) is 25.5. The van der Waals surface area contributed by atoms with Crippen molar-refractivity contribution in [2.45, 2.75) is 50.7 Å². The molecular formula is C15H25NO3S. The van der Waals surface area contributed by atoms with Gasteiger partial charge >= 0.3 is 5.97 Å². The van der Waals surface area contributed by atoms with Gasteiger partial charge in [-0.15, -0.1) is 0 Å². The summed E-state index contributed by atoms with van der Waals surface area (Å²) < 4.78 is 0.260. The van der Waals surface area contributed by atoms with E-state index < -0.39 is 5.97 Å². The van der Waals surface area contributed by atoms with Crippen LogP contribution in [0.3, 0.4) is 0 Å². The number of hydrogen-bond acceptors (Lipinski definition) is 3. The third kappa shape index (κ3) is 3.90. The van der Waals surface area contributed by atoms with E-state index >= 15 is 0 Å². The van der Waals surface area contributed by atoms with Gasteiger partial charge in [0.1, 0.15) is 0 Å². The van der Waals surface area contributed by atoms with Gasteiger partial charge in [-0.3, -0.25) is 9.59 Å². The van der Waals surface area contributed by atoms with E-state index in [1.165, 1.54) is 0 Å². The second-order valence-electron chi connectivity index (χ2n) is 6.57. The quantitative estimate of drug-likeness (QED) is 0.851. The Hall–Kier alpha value is -0.710. The van der Waals surface area contributed by atoms with Gasteiger partial charge in [0.2, 0.25) is 5.91 Å². The Morgan fingerprint density at radius 1 is 1.10 bits per heavy atom. The summed E-state index contributed by atoms with van der Waals surface area (Å²) in [6.45, 7) is 6.16. The predicted molar refractivity (Wildman–Crippen MR) is 80.8 cm³/mol. The fourth-order valence-corrected chi connectivity index (χ4v) is 4.19. The van der Waals surface area contributed by atoms with Crippen LogP contribution in [-0.4, -0.2) is 45.5 Å². The molecule has 0 atom stereocenters. The zero-order chi connectivity index (χ0) is 14.8. The summed E-state index contributed by atoms with van der Waals surface area (Å²) in [5.74, 6) is 0.369. The van der Waals surface area contributed by atoms with Crippen LogP contribution in [0.25, 0.3) is 0 Å². The van der Waals surface area contributed by atoms with Gasteiger partial charge in [-0.1, -0.05) is 13.8 Å². The third-order valence-corrected chi connectivity index (χ3v) is 5.95. The Morgan fingerprint density at radius 2 is 1.70 bits per heavy atom. The molecule has 5 heteroatoms. The van der Waals surface area contributed by atoms with Crippen molar-refractivity contribution in [1.29, 1.82) is 0 Å². The summed E-state index contributed by atoms with van der Waals surface area (Å²) in [6.07, 6.45) is 3.82. The lowest BCUT2D eigenvalue weighted by Crippen LogP contribution is -2.40. The number of amides is 1. The summed E-state index contributed by atoms with van der Waals surface area (Å²) in [5, 5.41) is 9.01. The van der Waals surface area contributed by atoms with Crippen molar-refractivity contribution in [1.82, 2.24) is 4.90 Å². The summed E-state index contributed by atoms with van der Waals surface area (Å²) in [7, 11) is 0. The second kappa shape index (κ2) is 6.37. The number of carbonyl (C=O) groups excluding carboxylic acids is 1. The van der Waals surface area contributed by atoms with Gasteiger partial charge in [0, 0.05) is 29.5 Å². The van der Waals surface area contributed by atoms with Gasteiger partial charge in [0.15, 0.2) is 0 Å². The highest BCUT2D eigenvalue weighted by Gasteiger charge is 2.33. The molecule has 0 aromatic carbocycles.